The molecule has 70 valence electrons. The Morgan fingerprint density at radius 1 is 1.54 bits per heavy atom. The van der Waals surface area contributed by atoms with Crippen molar-refractivity contribution in [3.63, 3.8) is 0 Å². The quantitative estimate of drug-likeness (QED) is 0.427. The van der Waals surface area contributed by atoms with Gasteiger partial charge in [0.1, 0.15) is 11.4 Å². The summed E-state index contributed by atoms with van der Waals surface area (Å²) in [4.78, 5) is 10.0. The second-order valence-corrected chi connectivity index (χ2v) is 2.64. The number of hydrogen-bond donors (Lipinski definition) is 1. The summed E-state index contributed by atoms with van der Waals surface area (Å²) >= 11 is 0. The smallest absolute Gasteiger partial charge is 0.295 e. The molecule has 2 N–H and O–H groups in total. The lowest BCUT2D eigenvalue weighted by atomic mass is 10.1. The van der Waals surface area contributed by atoms with Crippen LogP contribution in [0.5, 0.6) is 5.75 Å². The normalized spacial score (nSPS) is 9.69. The summed E-state index contributed by atoms with van der Waals surface area (Å²) in [6.45, 7) is 1.62. The van der Waals surface area contributed by atoms with Gasteiger partial charge in [0.15, 0.2) is 0 Å². The summed E-state index contributed by atoms with van der Waals surface area (Å²) in [6.07, 6.45) is 0. The summed E-state index contributed by atoms with van der Waals surface area (Å²) in [5.41, 5.74) is 6.05. The minimum absolute atomic E-state index is 0.0548. The molecule has 0 bridgehead atoms. The van der Waals surface area contributed by atoms with Crippen molar-refractivity contribution in [3.8, 4) is 5.75 Å². The molecule has 1 aromatic rings. The van der Waals surface area contributed by atoms with Gasteiger partial charge in [0.2, 0.25) is 0 Å². The number of nitrogens with zero attached hydrogens (tertiary/aromatic N) is 1. The topological polar surface area (TPSA) is 78.4 Å². The Balaban J connectivity index is 3.31. The van der Waals surface area contributed by atoms with Crippen LogP contribution in [0.3, 0.4) is 0 Å². The minimum Gasteiger partial charge on any atom is -0.497 e. The fraction of sp³-hybridized carbons (Fsp3) is 0.250. The number of nitrogen functional groups attached to an aromatic ring is 1. The van der Waals surface area contributed by atoms with E-state index in [0.29, 0.717) is 11.3 Å². The van der Waals surface area contributed by atoms with Gasteiger partial charge in [-0.1, -0.05) is 0 Å². The van der Waals surface area contributed by atoms with E-state index in [4.69, 9.17) is 10.5 Å². The van der Waals surface area contributed by atoms with Crippen molar-refractivity contribution in [2.45, 2.75) is 6.92 Å². The average Bonchev–Trinajstić information content (AvgIpc) is 2.02. The van der Waals surface area contributed by atoms with E-state index in [-0.39, 0.29) is 11.4 Å². The molecule has 5 nitrogen and oxygen atoms in total. The first-order valence-electron chi connectivity index (χ1n) is 3.64. The molecular weight excluding hydrogens is 172 g/mol. The van der Waals surface area contributed by atoms with E-state index in [0.717, 1.165) is 0 Å². The van der Waals surface area contributed by atoms with Gasteiger partial charge in [-0.25, -0.2) is 0 Å². The molecule has 0 aliphatic heterocycles. The van der Waals surface area contributed by atoms with Gasteiger partial charge in [0.05, 0.1) is 12.0 Å². The van der Waals surface area contributed by atoms with Gasteiger partial charge in [-0.2, -0.15) is 0 Å². The highest BCUT2D eigenvalue weighted by molar-refractivity contribution is 5.65. The first-order chi connectivity index (χ1) is 6.06. The number of nitro groups is 1. The third kappa shape index (κ3) is 1.69. The first-order valence-corrected chi connectivity index (χ1v) is 3.64. The third-order valence-corrected chi connectivity index (χ3v) is 1.72. The standard InChI is InChI=1S/C8H10N2O3/c1-5-3-6(13-2)4-7(9)8(5)10(11)12/h3-4H,9H2,1-2H3. The Morgan fingerprint density at radius 3 is 2.54 bits per heavy atom. The molecule has 0 heterocycles. The molecule has 0 atom stereocenters. The third-order valence-electron chi connectivity index (χ3n) is 1.72. The van der Waals surface area contributed by atoms with E-state index in [9.17, 15) is 10.1 Å². The number of rotatable bonds is 2. The highest BCUT2D eigenvalue weighted by Crippen LogP contribution is 2.30. The minimum atomic E-state index is -0.496. The van der Waals surface area contributed by atoms with Crippen LogP contribution in [0.15, 0.2) is 12.1 Å². The van der Waals surface area contributed by atoms with Gasteiger partial charge >= 0.3 is 0 Å². The van der Waals surface area contributed by atoms with E-state index < -0.39 is 4.92 Å². The Labute approximate surface area is 75.3 Å². The molecule has 0 fully saturated rings. The van der Waals surface area contributed by atoms with Crippen molar-refractivity contribution in [1.29, 1.82) is 0 Å². The monoisotopic (exact) mass is 182 g/mol. The van der Waals surface area contributed by atoms with Crippen molar-refractivity contribution >= 4 is 11.4 Å². The lowest BCUT2D eigenvalue weighted by Crippen LogP contribution is -1.99. The van der Waals surface area contributed by atoms with E-state index >= 15 is 0 Å². The number of benzene rings is 1. The van der Waals surface area contributed by atoms with Gasteiger partial charge in [-0.05, 0) is 13.0 Å². The second kappa shape index (κ2) is 3.30. The number of aryl methyl sites for hydroxylation is 1. The van der Waals surface area contributed by atoms with Crippen LogP contribution < -0.4 is 10.5 Å². The highest BCUT2D eigenvalue weighted by atomic mass is 16.6. The molecule has 0 unspecified atom stereocenters. The van der Waals surface area contributed by atoms with Gasteiger partial charge in [0, 0.05) is 11.6 Å². The lowest BCUT2D eigenvalue weighted by molar-refractivity contribution is -0.384. The van der Waals surface area contributed by atoms with Gasteiger partial charge in [0.25, 0.3) is 5.69 Å². The van der Waals surface area contributed by atoms with Crippen molar-refractivity contribution in [3.05, 3.63) is 27.8 Å². The van der Waals surface area contributed by atoms with Crippen LogP contribution in [0.2, 0.25) is 0 Å². The number of nitro benzene ring substituents is 1. The zero-order valence-corrected chi connectivity index (χ0v) is 7.40. The second-order valence-electron chi connectivity index (χ2n) is 2.64. The largest absolute Gasteiger partial charge is 0.497 e. The van der Waals surface area contributed by atoms with Crippen LogP contribution in [0.25, 0.3) is 0 Å². The van der Waals surface area contributed by atoms with Crippen LogP contribution in [-0.2, 0) is 0 Å². The SMILES string of the molecule is COc1cc(C)c([N+](=O)[O-])c(N)c1. The molecule has 0 saturated heterocycles. The molecule has 0 aromatic heterocycles. The Hall–Kier alpha value is -1.78. The van der Waals surface area contributed by atoms with E-state index in [2.05, 4.69) is 0 Å². The lowest BCUT2D eigenvalue weighted by Gasteiger charge is -2.04. The van der Waals surface area contributed by atoms with Crippen LogP contribution >= 0.6 is 0 Å². The van der Waals surface area contributed by atoms with Gasteiger partial charge < -0.3 is 10.5 Å². The zero-order chi connectivity index (χ0) is 10.0. The van der Waals surface area contributed by atoms with Crippen molar-refractivity contribution in [2.75, 3.05) is 12.8 Å². The van der Waals surface area contributed by atoms with E-state index in [1.54, 1.807) is 13.0 Å². The predicted molar refractivity (Wildman–Crippen MR) is 48.8 cm³/mol. The molecule has 13 heavy (non-hydrogen) atoms. The number of nitrogens with two attached hydrogens (primary N) is 1. The van der Waals surface area contributed by atoms with E-state index in [1.165, 1.54) is 13.2 Å². The Kier molecular flexibility index (Phi) is 2.36. The number of anilines is 1. The maximum atomic E-state index is 10.5. The van der Waals surface area contributed by atoms with Crippen LogP contribution in [0, 0.1) is 17.0 Å². The molecule has 1 aromatic carbocycles. The fourth-order valence-corrected chi connectivity index (χ4v) is 1.14. The fourth-order valence-electron chi connectivity index (χ4n) is 1.14. The zero-order valence-electron chi connectivity index (χ0n) is 7.40. The molecule has 0 aliphatic rings. The number of hydrogen-bond acceptors (Lipinski definition) is 4. The molecule has 0 amide bonds. The van der Waals surface area contributed by atoms with Crippen molar-refractivity contribution in [2.24, 2.45) is 0 Å². The maximum absolute atomic E-state index is 10.5. The molecule has 1 rings (SSSR count). The molecular formula is C8H10N2O3. The molecule has 5 heteroatoms. The summed E-state index contributed by atoms with van der Waals surface area (Å²) in [6, 6.07) is 3.01. The summed E-state index contributed by atoms with van der Waals surface area (Å²) in [5.74, 6) is 0.528. The number of ether oxygens (including phenoxy) is 1. The average molecular weight is 182 g/mol. The molecule has 0 aliphatic carbocycles. The van der Waals surface area contributed by atoms with Crippen LogP contribution in [0.4, 0.5) is 11.4 Å². The summed E-state index contributed by atoms with van der Waals surface area (Å²) in [5, 5.41) is 10.5. The maximum Gasteiger partial charge on any atom is 0.295 e. The van der Waals surface area contributed by atoms with Crippen molar-refractivity contribution < 1.29 is 9.66 Å². The predicted octanol–water partition coefficient (Wildman–Crippen LogP) is 1.49. The molecule has 0 spiro atoms. The first kappa shape index (κ1) is 9.31. The summed E-state index contributed by atoms with van der Waals surface area (Å²) < 4.78 is 4.91. The van der Waals surface area contributed by atoms with E-state index in [1.807, 2.05) is 0 Å². The molecule has 0 radical (unpaired) electrons. The van der Waals surface area contributed by atoms with Crippen molar-refractivity contribution in [1.82, 2.24) is 0 Å². The Morgan fingerprint density at radius 2 is 2.15 bits per heavy atom. The summed E-state index contributed by atoms with van der Waals surface area (Å²) in [7, 11) is 1.49. The van der Waals surface area contributed by atoms with Crippen LogP contribution in [-0.4, -0.2) is 12.0 Å². The Bertz CT molecular complexity index is 326. The van der Waals surface area contributed by atoms with Gasteiger partial charge in [-0.3, -0.25) is 10.1 Å². The molecule has 0 saturated carbocycles. The van der Waals surface area contributed by atoms with Crippen LogP contribution in [0.1, 0.15) is 5.56 Å². The van der Waals surface area contributed by atoms with Gasteiger partial charge in [-0.15, -0.1) is 0 Å². The highest BCUT2D eigenvalue weighted by Gasteiger charge is 2.16. The number of methoxy groups -OCH3 is 1.